The third-order valence-electron chi connectivity index (χ3n) is 4.22. The number of anilines is 3. The molecule has 0 spiro atoms. The van der Waals surface area contributed by atoms with Crippen LogP contribution in [0.1, 0.15) is 11.1 Å². The Balaban J connectivity index is 1.47. The van der Waals surface area contributed by atoms with Crippen LogP contribution >= 0.6 is 0 Å². The molecule has 0 amide bonds. The number of nitrogens with zero attached hydrogens (tertiary/aromatic N) is 3. The third kappa shape index (κ3) is 5.07. The van der Waals surface area contributed by atoms with E-state index >= 15 is 0 Å². The van der Waals surface area contributed by atoms with Gasteiger partial charge in [0.25, 0.3) is 0 Å². The summed E-state index contributed by atoms with van der Waals surface area (Å²) in [6.45, 7) is 2.74. The van der Waals surface area contributed by atoms with Crippen molar-refractivity contribution >= 4 is 17.5 Å². The maximum atomic E-state index is 5.97. The van der Waals surface area contributed by atoms with Crippen LogP contribution in [0.4, 0.5) is 17.5 Å². The molecule has 0 saturated carbocycles. The number of nitrogens with one attached hydrogen (secondary N) is 2. The van der Waals surface area contributed by atoms with Crippen LogP contribution in [0, 0.1) is 6.92 Å². The highest BCUT2D eigenvalue weighted by Crippen LogP contribution is 2.30. The Morgan fingerprint density at radius 3 is 2.59 bits per heavy atom. The normalized spacial score (nSPS) is 10.4. The van der Waals surface area contributed by atoms with Gasteiger partial charge in [0.2, 0.25) is 5.95 Å². The van der Waals surface area contributed by atoms with Crippen LogP contribution in [0.2, 0.25) is 0 Å². The minimum atomic E-state index is 0.392. The second-order valence-electron chi connectivity index (χ2n) is 6.54. The van der Waals surface area contributed by atoms with Gasteiger partial charge in [-0.25, -0.2) is 0 Å². The van der Waals surface area contributed by atoms with Crippen LogP contribution in [-0.2, 0) is 6.54 Å². The molecule has 4 aromatic rings. The van der Waals surface area contributed by atoms with Crippen LogP contribution in [0.3, 0.4) is 0 Å². The quantitative estimate of drug-likeness (QED) is 0.449. The number of ether oxygens (including phenoxy) is 1. The molecule has 29 heavy (non-hydrogen) atoms. The van der Waals surface area contributed by atoms with E-state index in [1.54, 1.807) is 6.20 Å². The number of aromatic nitrogens is 3. The number of benzene rings is 3. The van der Waals surface area contributed by atoms with E-state index in [0.717, 1.165) is 11.4 Å². The first-order valence-electron chi connectivity index (χ1n) is 9.34. The lowest BCUT2D eigenvalue weighted by Gasteiger charge is -2.12. The summed E-state index contributed by atoms with van der Waals surface area (Å²) in [5, 5.41) is 14.6. The molecule has 0 aliphatic heterocycles. The van der Waals surface area contributed by atoms with Gasteiger partial charge in [-0.2, -0.15) is 10.1 Å². The van der Waals surface area contributed by atoms with Crippen LogP contribution in [0.5, 0.6) is 11.5 Å². The smallest absolute Gasteiger partial charge is 0.249 e. The number of rotatable bonds is 7. The van der Waals surface area contributed by atoms with Crippen molar-refractivity contribution in [2.24, 2.45) is 0 Å². The summed E-state index contributed by atoms with van der Waals surface area (Å²) in [4.78, 5) is 4.50. The Hall–Kier alpha value is -3.93. The van der Waals surface area contributed by atoms with Crippen LogP contribution in [-0.4, -0.2) is 15.2 Å². The van der Waals surface area contributed by atoms with Gasteiger partial charge in [0.15, 0.2) is 11.6 Å². The lowest BCUT2D eigenvalue weighted by molar-refractivity contribution is 0.485. The van der Waals surface area contributed by atoms with Crippen molar-refractivity contribution in [3.05, 3.63) is 96.2 Å². The highest BCUT2D eigenvalue weighted by Gasteiger charge is 2.07. The lowest BCUT2D eigenvalue weighted by Crippen LogP contribution is -2.06. The van der Waals surface area contributed by atoms with E-state index in [0.29, 0.717) is 24.1 Å². The van der Waals surface area contributed by atoms with Gasteiger partial charge < -0.3 is 15.4 Å². The zero-order chi connectivity index (χ0) is 19.9. The van der Waals surface area contributed by atoms with Gasteiger partial charge in [-0.1, -0.05) is 60.2 Å². The molecule has 0 unspecified atom stereocenters. The van der Waals surface area contributed by atoms with Gasteiger partial charge >= 0.3 is 0 Å². The molecular weight excluding hydrogens is 362 g/mol. The second-order valence-corrected chi connectivity index (χ2v) is 6.54. The predicted octanol–water partition coefficient (Wildman–Crippen LogP) is 5.33. The minimum absolute atomic E-state index is 0.392. The minimum Gasteiger partial charge on any atom is -0.455 e. The van der Waals surface area contributed by atoms with Crippen LogP contribution < -0.4 is 15.4 Å². The van der Waals surface area contributed by atoms with Crippen molar-refractivity contribution in [1.29, 1.82) is 0 Å². The Morgan fingerprint density at radius 1 is 0.897 bits per heavy atom. The number of para-hydroxylation sites is 3. The molecule has 144 valence electrons. The molecule has 3 aromatic carbocycles. The van der Waals surface area contributed by atoms with Gasteiger partial charge in [0.1, 0.15) is 5.75 Å². The van der Waals surface area contributed by atoms with Crippen molar-refractivity contribution in [3.8, 4) is 11.5 Å². The van der Waals surface area contributed by atoms with Gasteiger partial charge in [-0.05, 0) is 36.8 Å². The SMILES string of the molecule is Cc1cccc(CNc2cnnc(Nc3ccccc3Oc3ccccc3)n2)c1. The molecule has 1 heterocycles. The summed E-state index contributed by atoms with van der Waals surface area (Å²) in [5.74, 6) is 2.48. The number of aryl methyl sites for hydroxylation is 1. The maximum Gasteiger partial charge on any atom is 0.249 e. The molecule has 0 aliphatic rings. The van der Waals surface area contributed by atoms with E-state index in [4.69, 9.17) is 4.74 Å². The fourth-order valence-corrected chi connectivity index (χ4v) is 2.85. The van der Waals surface area contributed by atoms with Crippen molar-refractivity contribution in [1.82, 2.24) is 15.2 Å². The van der Waals surface area contributed by atoms with Gasteiger partial charge in [-0.15, -0.1) is 5.10 Å². The summed E-state index contributed by atoms with van der Waals surface area (Å²) in [7, 11) is 0. The third-order valence-corrected chi connectivity index (χ3v) is 4.22. The van der Waals surface area contributed by atoms with E-state index in [1.165, 1.54) is 11.1 Å². The first-order chi connectivity index (χ1) is 14.3. The van der Waals surface area contributed by atoms with E-state index in [1.807, 2.05) is 60.7 Å². The first-order valence-corrected chi connectivity index (χ1v) is 9.34. The number of hydrogen-bond donors (Lipinski definition) is 2. The summed E-state index contributed by atoms with van der Waals surface area (Å²) in [5.41, 5.74) is 3.16. The van der Waals surface area contributed by atoms with Crippen molar-refractivity contribution in [2.45, 2.75) is 13.5 Å². The lowest BCUT2D eigenvalue weighted by atomic mass is 10.1. The maximum absolute atomic E-state index is 5.97. The highest BCUT2D eigenvalue weighted by atomic mass is 16.5. The van der Waals surface area contributed by atoms with Gasteiger partial charge in [-0.3, -0.25) is 0 Å². The van der Waals surface area contributed by atoms with Crippen molar-refractivity contribution < 1.29 is 4.74 Å². The molecule has 0 radical (unpaired) electrons. The Labute approximate surface area is 169 Å². The summed E-state index contributed by atoms with van der Waals surface area (Å²) in [6, 6.07) is 25.6. The Bertz CT molecular complexity index is 1090. The van der Waals surface area contributed by atoms with Gasteiger partial charge in [0.05, 0.1) is 11.9 Å². The molecule has 1 aromatic heterocycles. The molecule has 4 rings (SSSR count). The molecule has 0 saturated heterocycles. The average molecular weight is 383 g/mol. The summed E-state index contributed by atoms with van der Waals surface area (Å²) >= 11 is 0. The predicted molar refractivity (Wildman–Crippen MR) is 115 cm³/mol. The molecule has 0 aliphatic carbocycles. The molecule has 6 nitrogen and oxygen atoms in total. The van der Waals surface area contributed by atoms with E-state index in [2.05, 4.69) is 50.9 Å². The Kier molecular flexibility index (Phi) is 5.62. The van der Waals surface area contributed by atoms with E-state index < -0.39 is 0 Å². The first kappa shape index (κ1) is 18.4. The molecule has 0 bridgehead atoms. The fraction of sp³-hybridized carbons (Fsp3) is 0.0870. The monoisotopic (exact) mass is 383 g/mol. The van der Waals surface area contributed by atoms with Crippen LogP contribution in [0.25, 0.3) is 0 Å². The van der Waals surface area contributed by atoms with E-state index in [9.17, 15) is 0 Å². The highest BCUT2D eigenvalue weighted by molar-refractivity contribution is 5.63. The summed E-state index contributed by atoms with van der Waals surface area (Å²) < 4.78 is 5.97. The largest absolute Gasteiger partial charge is 0.455 e. The molecule has 2 N–H and O–H groups in total. The van der Waals surface area contributed by atoms with Gasteiger partial charge in [0, 0.05) is 6.54 Å². The average Bonchev–Trinajstić information content (AvgIpc) is 2.75. The standard InChI is InChI=1S/C23H21N5O/c1-17-8-7-9-18(14-17)15-24-22-16-25-28-23(27-22)26-20-12-5-6-13-21(20)29-19-10-3-2-4-11-19/h2-14,16H,15H2,1H3,(H2,24,26,27,28). The van der Waals surface area contributed by atoms with E-state index in [-0.39, 0.29) is 0 Å². The molecular formula is C23H21N5O. The van der Waals surface area contributed by atoms with Crippen LogP contribution in [0.15, 0.2) is 85.1 Å². The van der Waals surface area contributed by atoms with Crippen molar-refractivity contribution in [3.63, 3.8) is 0 Å². The van der Waals surface area contributed by atoms with Crippen molar-refractivity contribution in [2.75, 3.05) is 10.6 Å². The zero-order valence-electron chi connectivity index (χ0n) is 16.0. The zero-order valence-corrected chi connectivity index (χ0v) is 16.0. The molecule has 0 fully saturated rings. The Morgan fingerprint density at radius 2 is 1.72 bits per heavy atom. The molecule has 6 heteroatoms. The number of hydrogen-bond acceptors (Lipinski definition) is 6. The fourth-order valence-electron chi connectivity index (χ4n) is 2.85. The summed E-state index contributed by atoms with van der Waals surface area (Å²) in [6.07, 6.45) is 1.60. The topological polar surface area (TPSA) is 72.0 Å². The molecule has 0 atom stereocenters. The second kappa shape index (κ2) is 8.84.